The molecule has 0 unspecified atom stereocenters. The van der Waals surface area contributed by atoms with Crippen molar-refractivity contribution in [1.29, 1.82) is 0 Å². The van der Waals surface area contributed by atoms with Crippen LogP contribution in [0.15, 0.2) is 23.2 Å². The number of carbonyl (C=O) groups excluding carboxylic acids is 3. The number of nitrogens with one attached hydrogen (secondary N) is 3. The Kier molecular flexibility index (Phi) is 7.97. The summed E-state index contributed by atoms with van der Waals surface area (Å²) in [4.78, 5) is 36.9. The zero-order valence-electron chi connectivity index (χ0n) is 20.1. The highest BCUT2D eigenvalue weighted by atomic mass is 32.2. The molecule has 10 nitrogen and oxygen atoms in total. The number of carbonyl (C=O) groups is 3. The van der Waals surface area contributed by atoms with Gasteiger partial charge >= 0.3 is 11.8 Å². The van der Waals surface area contributed by atoms with E-state index in [0.717, 1.165) is 10.8 Å². The van der Waals surface area contributed by atoms with Crippen LogP contribution in [0.1, 0.15) is 37.2 Å². The molecule has 3 N–H and O–H groups in total. The third-order valence-corrected chi connectivity index (χ3v) is 7.53. The van der Waals surface area contributed by atoms with Gasteiger partial charge in [0, 0.05) is 56.2 Å². The maximum atomic E-state index is 15.2. The lowest BCUT2D eigenvalue weighted by atomic mass is 9.91. The van der Waals surface area contributed by atoms with Gasteiger partial charge in [0.1, 0.15) is 10.6 Å². The minimum absolute atomic E-state index is 0.0741. The molecule has 1 saturated heterocycles. The van der Waals surface area contributed by atoms with Crippen molar-refractivity contribution in [2.75, 3.05) is 25.0 Å². The van der Waals surface area contributed by atoms with Crippen LogP contribution in [0.25, 0.3) is 0 Å². The quantitative estimate of drug-likeness (QED) is 0.288. The lowest BCUT2D eigenvalue weighted by Gasteiger charge is -2.39. The number of hydrogen-bond donors (Lipinski definition) is 3. The van der Waals surface area contributed by atoms with Crippen LogP contribution in [-0.4, -0.2) is 60.8 Å². The molecule has 37 heavy (non-hydrogen) atoms. The van der Waals surface area contributed by atoms with Crippen molar-refractivity contribution in [3.05, 3.63) is 47.3 Å². The average molecular weight is 548 g/mol. The number of piperidine rings is 1. The predicted molar refractivity (Wildman–Crippen MR) is 123 cm³/mol. The van der Waals surface area contributed by atoms with E-state index in [-0.39, 0.29) is 32.5 Å². The third-order valence-electron chi connectivity index (χ3n) is 5.90. The van der Waals surface area contributed by atoms with E-state index in [1.54, 1.807) is 13.8 Å². The molecule has 1 aliphatic heterocycles. The summed E-state index contributed by atoms with van der Waals surface area (Å²) >= 11 is 0. The number of rotatable bonds is 6. The summed E-state index contributed by atoms with van der Waals surface area (Å²) in [6, 6.07) is 0.973. The van der Waals surface area contributed by atoms with Crippen molar-refractivity contribution < 1.29 is 40.4 Å². The minimum Gasteiger partial charge on any atom is -0.348 e. The molecule has 1 fully saturated rings. The van der Waals surface area contributed by atoms with Crippen LogP contribution in [0.2, 0.25) is 0 Å². The summed E-state index contributed by atoms with van der Waals surface area (Å²) in [6.07, 6.45) is 1.11. The molecule has 0 aliphatic carbocycles. The first-order chi connectivity index (χ1) is 17.2. The van der Waals surface area contributed by atoms with E-state index in [4.69, 9.17) is 0 Å². The van der Waals surface area contributed by atoms with Gasteiger partial charge < -0.3 is 20.1 Å². The molecule has 1 aromatic heterocycles. The Hall–Kier alpha value is -3.46. The highest BCUT2D eigenvalue weighted by Crippen LogP contribution is 2.27. The first-order valence-corrected chi connectivity index (χ1v) is 12.6. The summed E-state index contributed by atoms with van der Waals surface area (Å²) < 4.78 is 84.5. The van der Waals surface area contributed by atoms with E-state index in [0.29, 0.717) is 12.1 Å². The number of nitrogens with zero attached hydrogens (tertiary/aromatic N) is 2. The molecule has 0 atom stereocenters. The average Bonchev–Trinajstić information content (AvgIpc) is 3.11. The minimum atomic E-state index is -4.52. The van der Waals surface area contributed by atoms with Crippen LogP contribution in [0.4, 0.5) is 23.2 Å². The Morgan fingerprint density at radius 2 is 1.59 bits per heavy atom. The van der Waals surface area contributed by atoms with Gasteiger partial charge in [-0.05, 0) is 26.7 Å². The molecule has 2 heterocycles. The van der Waals surface area contributed by atoms with E-state index < -0.39 is 72.8 Å². The number of amides is 3. The van der Waals surface area contributed by atoms with E-state index in [1.807, 2.05) is 5.32 Å². The first kappa shape index (κ1) is 28.1. The maximum absolute atomic E-state index is 15.2. The molecule has 2 aromatic rings. The van der Waals surface area contributed by atoms with Crippen LogP contribution in [0.3, 0.4) is 0 Å². The molecule has 0 spiro atoms. The van der Waals surface area contributed by atoms with Gasteiger partial charge in [0.25, 0.3) is 5.91 Å². The summed E-state index contributed by atoms with van der Waals surface area (Å²) in [5.41, 5.74) is -2.35. The van der Waals surface area contributed by atoms with E-state index in [1.165, 1.54) is 11.9 Å². The maximum Gasteiger partial charge on any atom is 0.311 e. The molecule has 0 bridgehead atoms. The number of sulfonamides is 1. The predicted octanol–water partition coefficient (Wildman–Crippen LogP) is 1.63. The van der Waals surface area contributed by atoms with Crippen molar-refractivity contribution in [3.8, 4) is 0 Å². The molecule has 0 saturated carbocycles. The molecular formula is C22H25F4N5O5S. The molecular weight excluding hydrogens is 522 g/mol. The first-order valence-electron chi connectivity index (χ1n) is 11.1. The molecule has 1 aliphatic rings. The fourth-order valence-corrected chi connectivity index (χ4v) is 5.49. The summed E-state index contributed by atoms with van der Waals surface area (Å²) in [5.74, 6) is -9.06. The van der Waals surface area contributed by atoms with Gasteiger partial charge in [-0.25, -0.2) is 30.7 Å². The van der Waals surface area contributed by atoms with Crippen LogP contribution < -0.4 is 15.4 Å². The number of likely N-dealkylation sites (tertiary alicyclic amines) is 1. The van der Waals surface area contributed by atoms with Crippen molar-refractivity contribution in [2.45, 2.75) is 37.1 Å². The molecule has 202 valence electrons. The van der Waals surface area contributed by atoms with E-state index >= 15 is 4.39 Å². The molecule has 15 heteroatoms. The normalized spacial score (nSPS) is 15.4. The van der Waals surface area contributed by atoms with Crippen molar-refractivity contribution >= 4 is 33.4 Å². The Balaban J connectivity index is 1.76. The molecule has 3 amide bonds. The smallest absolute Gasteiger partial charge is 0.311 e. The van der Waals surface area contributed by atoms with Gasteiger partial charge in [-0.3, -0.25) is 14.4 Å². The van der Waals surface area contributed by atoms with Gasteiger partial charge in [0.05, 0.1) is 0 Å². The van der Waals surface area contributed by atoms with Crippen molar-refractivity contribution in [3.63, 3.8) is 0 Å². The Morgan fingerprint density at radius 1 is 1.03 bits per heavy atom. The van der Waals surface area contributed by atoms with E-state index in [9.17, 15) is 36.0 Å². The fourth-order valence-electron chi connectivity index (χ4n) is 3.90. The van der Waals surface area contributed by atoms with Crippen LogP contribution >= 0.6 is 0 Å². The van der Waals surface area contributed by atoms with Gasteiger partial charge in [-0.15, -0.1) is 0 Å². The zero-order chi connectivity index (χ0) is 27.7. The number of aryl methyl sites for hydroxylation is 1. The van der Waals surface area contributed by atoms with Crippen molar-refractivity contribution in [2.24, 2.45) is 7.05 Å². The number of hydrogen-bond acceptors (Lipinski definition) is 5. The Bertz CT molecular complexity index is 1330. The van der Waals surface area contributed by atoms with E-state index in [2.05, 4.69) is 10.0 Å². The number of likely N-dealkylation sites (N-methyl/N-ethyl adjacent to an activating group) is 1. The van der Waals surface area contributed by atoms with Gasteiger partial charge in [-0.2, -0.15) is 0 Å². The summed E-state index contributed by atoms with van der Waals surface area (Å²) in [6.45, 7) is 3.64. The zero-order valence-corrected chi connectivity index (χ0v) is 20.9. The number of benzene rings is 1. The Labute approximate surface area is 210 Å². The fraction of sp³-hybridized carbons (Fsp3) is 0.409. The monoisotopic (exact) mass is 547 g/mol. The van der Waals surface area contributed by atoms with Crippen LogP contribution in [-0.2, 0) is 26.7 Å². The molecule has 1 aromatic carbocycles. The van der Waals surface area contributed by atoms with Gasteiger partial charge in [0.15, 0.2) is 23.3 Å². The van der Waals surface area contributed by atoms with Gasteiger partial charge in [-0.1, -0.05) is 0 Å². The SMILES string of the molecule is CCNC(=O)C(=O)N1CCC(C)(NS(=O)(=O)c2cn(C)c(C(=O)Nc3cc(F)c(F)c(F)c3)c2F)CC1. The molecule has 3 rings (SSSR count). The second-order valence-corrected chi connectivity index (χ2v) is 10.4. The second-order valence-electron chi connectivity index (χ2n) is 8.79. The third kappa shape index (κ3) is 5.93. The number of aromatic nitrogens is 1. The highest BCUT2D eigenvalue weighted by molar-refractivity contribution is 7.89. The standard InChI is InChI=1S/C22H25F4N5O5S/c1-4-27-20(33)21(34)31-7-5-22(2,6-8-31)29-37(35,36)15-11-30(3)18(17(15)26)19(32)28-12-9-13(23)16(25)14(24)10-12/h9-11,29H,4-8H2,1-3H3,(H,27,33)(H,28,32). The summed E-state index contributed by atoms with van der Waals surface area (Å²) in [7, 11) is -3.33. The van der Waals surface area contributed by atoms with Crippen molar-refractivity contribution in [1.82, 2.24) is 19.5 Å². The largest absolute Gasteiger partial charge is 0.348 e. The topological polar surface area (TPSA) is 130 Å². The number of anilines is 1. The summed E-state index contributed by atoms with van der Waals surface area (Å²) in [5, 5.41) is 4.40. The van der Waals surface area contributed by atoms with Gasteiger partial charge in [0.2, 0.25) is 10.0 Å². The molecule has 0 radical (unpaired) electrons. The number of halogens is 4. The lowest BCUT2D eigenvalue weighted by molar-refractivity contribution is -0.146. The highest BCUT2D eigenvalue weighted by Gasteiger charge is 2.39. The lowest BCUT2D eigenvalue weighted by Crippen LogP contribution is -2.56. The second kappa shape index (κ2) is 10.5. The Morgan fingerprint density at radius 3 is 2.14 bits per heavy atom. The van der Waals surface area contributed by atoms with Crippen LogP contribution in [0, 0.1) is 23.3 Å². The van der Waals surface area contributed by atoms with Crippen LogP contribution in [0.5, 0.6) is 0 Å².